The van der Waals surface area contributed by atoms with Crippen molar-refractivity contribution < 1.29 is 9.53 Å². The van der Waals surface area contributed by atoms with Crippen molar-refractivity contribution in [3.8, 4) is 5.75 Å². The Morgan fingerprint density at radius 2 is 1.78 bits per heavy atom. The molecule has 0 atom stereocenters. The molecule has 144 valence electrons. The molecule has 0 heterocycles. The van der Waals surface area contributed by atoms with E-state index >= 15 is 0 Å². The predicted octanol–water partition coefficient (Wildman–Crippen LogP) is 6.26. The van der Waals surface area contributed by atoms with Crippen LogP contribution in [0.4, 0.5) is 5.69 Å². The molecular formula is C23H28ClNO2. The van der Waals surface area contributed by atoms with Crippen LogP contribution in [0.15, 0.2) is 48.5 Å². The Morgan fingerprint density at radius 1 is 1.04 bits per heavy atom. The van der Waals surface area contributed by atoms with Gasteiger partial charge in [-0.2, -0.15) is 0 Å². The van der Waals surface area contributed by atoms with E-state index in [4.69, 9.17) is 16.3 Å². The maximum absolute atomic E-state index is 12.1. The zero-order valence-corrected chi connectivity index (χ0v) is 16.5. The number of aryl methyl sites for hydroxylation is 1. The maximum atomic E-state index is 12.1. The molecule has 1 saturated carbocycles. The summed E-state index contributed by atoms with van der Waals surface area (Å²) >= 11 is 6.13. The van der Waals surface area contributed by atoms with E-state index < -0.39 is 0 Å². The minimum atomic E-state index is -0.0131. The summed E-state index contributed by atoms with van der Waals surface area (Å²) in [7, 11) is 0. The molecule has 0 spiro atoms. The molecule has 27 heavy (non-hydrogen) atoms. The number of hydrogen-bond acceptors (Lipinski definition) is 2. The Kier molecular flexibility index (Phi) is 7.58. The molecule has 1 amide bonds. The molecule has 0 aliphatic heterocycles. The van der Waals surface area contributed by atoms with Gasteiger partial charge in [-0.25, -0.2) is 0 Å². The van der Waals surface area contributed by atoms with Crippen LogP contribution in [0.2, 0.25) is 5.02 Å². The monoisotopic (exact) mass is 385 g/mol. The summed E-state index contributed by atoms with van der Waals surface area (Å²) in [6.45, 7) is 0.772. The highest BCUT2D eigenvalue weighted by atomic mass is 35.5. The molecule has 0 radical (unpaired) electrons. The Labute approximate surface area is 167 Å². The molecule has 3 nitrogen and oxygen atoms in total. The third kappa shape index (κ3) is 6.59. The fraction of sp³-hybridized carbons (Fsp3) is 0.435. The van der Waals surface area contributed by atoms with Crippen LogP contribution >= 0.6 is 11.6 Å². The number of nitrogens with one attached hydrogen (secondary N) is 1. The van der Waals surface area contributed by atoms with E-state index in [9.17, 15) is 4.79 Å². The summed E-state index contributed by atoms with van der Waals surface area (Å²) in [6, 6.07) is 15.3. The van der Waals surface area contributed by atoms with E-state index in [0.717, 1.165) is 35.9 Å². The van der Waals surface area contributed by atoms with Crippen molar-refractivity contribution >= 4 is 23.2 Å². The van der Waals surface area contributed by atoms with Gasteiger partial charge in [-0.15, -0.1) is 0 Å². The minimum absolute atomic E-state index is 0.0131. The normalized spacial score (nSPS) is 14.7. The first-order valence-corrected chi connectivity index (χ1v) is 10.3. The highest BCUT2D eigenvalue weighted by Gasteiger charge is 2.13. The van der Waals surface area contributed by atoms with E-state index in [1.807, 2.05) is 48.5 Å². The molecular weight excluding hydrogens is 358 g/mol. The van der Waals surface area contributed by atoms with Gasteiger partial charge in [0.25, 0.3) is 0 Å². The van der Waals surface area contributed by atoms with Gasteiger partial charge in [-0.3, -0.25) is 4.79 Å². The quantitative estimate of drug-likeness (QED) is 0.582. The summed E-state index contributed by atoms with van der Waals surface area (Å²) in [4.78, 5) is 12.1. The Bertz CT molecular complexity index is 723. The first-order valence-electron chi connectivity index (χ1n) is 9.97. The highest BCUT2D eigenvalue weighted by Crippen LogP contribution is 2.26. The molecule has 1 N–H and O–H groups in total. The lowest BCUT2D eigenvalue weighted by molar-refractivity contribution is -0.116. The lowest BCUT2D eigenvalue weighted by Gasteiger charge is -2.21. The van der Waals surface area contributed by atoms with Crippen LogP contribution in [0.25, 0.3) is 0 Å². The highest BCUT2D eigenvalue weighted by molar-refractivity contribution is 6.31. The number of halogens is 1. The zero-order valence-electron chi connectivity index (χ0n) is 15.8. The molecule has 3 rings (SSSR count). The summed E-state index contributed by atoms with van der Waals surface area (Å²) in [5, 5.41) is 3.64. The van der Waals surface area contributed by atoms with Gasteiger partial charge in [-0.05, 0) is 54.7 Å². The van der Waals surface area contributed by atoms with Gasteiger partial charge in [0.05, 0.1) is 6.61 Å². The van der Waals surface area contributed by atoms with Crippen molar-refractivity contribution in [1.82, 2.24) is 0 Å². The van der Waals surface area contributed by atoms with Gasteiger partial charge < -0.3 is 10.1 Å². The molecule has 0 bridgehead atoms. The molecule has 4 heteroatoms. The second-order valence-corrected chi connectivity index (χ2v) is 7.71. The first kappa shape index (κ1) is 19.8. The van der Waals surface area contributed by atoms with Crippen molar-refractivity contribution in [2.24, 2.45) is 5.92 Å². The molecule has 0 saturated heterocycles. The third-order valence-electron chi connectivity index (χ3n) is 5.24. The van der Waals surface area contributed by atoms with E-state index in [0.29, 0.717) is 17.9 Å². The zero-order chi connectivity index (χ0) is 18.9. The smallest absolute Gasteiger partial charge is 0.224 e. The summed E-state index contributed by atoms with van der Waals surface area (Å²) < 4.78 is 5.86. The Balaban J connectivity index is 1.39. The Morgan fingerprint density at radius 3 is 2.52 bits per heavy atom. The second kappa shape index (κ2) is 10.4. The summed E-state index contributed by atoms with van der Waals surface area (Å²) in [5.74, 6) is 1.68. The first-order chi connectivity index (χ1) is 13.2. The van der Waals surface area contributed by atoms with Crippen molar-refractivity contribution in [2.75, 3.05) is 11.9 Å². The van der Waals surface area contributed by atoms with Crippen molar-refractivity contribution in [1.29, 1.82) is 0 Å². The topological polar surface area (TPSA) is 38.3 Å². The fourth-order valence-electron chi connectivity index (χ4n) is 3.63. The third-order valence-corrected chi connectivity index (χ3v) is 5.61. The van der Waals surface area contributed by atoms with Crippen LogP contribution in [0.5, 0.6) is 5.75 Å². The largest absolute Gasteiger partial charge is 0.494 e. The Hall–Kier alpha value is -2.00. The van der Waals surface area contributed by atoms with Crippen LogP contribution in [0, 0.1) is 5.92 Å². The predicted molar refractivity (Wildman–Crippen MR) is 112 cm³/mol. The van der Waals surface area contributed by atoms with E-state index in [1.165, 1.54) is 32.1 Å². The van der Waals surface area contributed by atoms with Gasteiger partial charge in [0, 0.05) is 17.1 Å². The number of carbonyl (C=O) groups is 1. The molecule has 1 aliphatic carbocycles. The van der Waals surface area contributed by atoms with Gasteiger partial charge in [0.1, 0.15) is 5.75 Å². The fourth-order valence-corrected chi connectivity index (χ4v) is 3.86. The van der Waals surface area contributed by atoms with Crippen LogP contribution in [0.3, 0.4) is 0 Å². The van der Waals surface area contributed by atoms with Gasteiger partial charge in [0.15, 0.2) is 0 Å². The lowest BCUT2D eigenvalue weighted by Crippen LogP contribution is -2.12. The lowest BCUT2D eigenvalue weighted by atomic mass is 9.87. The number of anilines is 1. The van der Waals surface area contributed by atoms with Crippen LogP contribution in [-0.4, -0.2) is 12.5 Å². The van der Waals surface area contributed by atoms with Gasteiger partial charge in [-0.1, -0.05) is 61.9 Å². The van der Waals surface area contributed by atoms with E-state index in [1.54, 1.807) is 0 Å². The van der Waals surface area contributed by atoms with Crippen LogP contribution in [0.1, 0.15) is 50.5 Å². The maximum Gasteiger partial charge on any atom is 0.224 e. The van der Waals surface area contributed by atoms with Crippen molar-refractivity contribution in [2.45, 2.75) is 51.4 Å². The van der Waals surface area contributed by atoms with E-state index in [2.05, 4.69) is 5.32 Å². The average molecular weight is 386 g/mol. The number of hydrogen-bond donors (Lipinski definition) is 1. The molecule has 2 aromatic carbocycles. The van der Waals surface area contributed by atoms with Crippen molar-refractivity contribution in [3.63, 3.8) is 0 Å². The number of ether oxygens (including phenoxy) is 1. The molecule has 1 fully saturated rings. The van der Waals surface area contributed by atoms with E-state index in [-0.39, 0.29) is 5.91 Å². The van der Waals surface area contributed by atoms with Crippen LogP contribution < -0.4 is 10.1 Å². The SMILES string of the molecule is O=C(CCc1ccccc1Cl)Nc1ccc(OCCC2CCCCC2)cc1. The van der Waals surface area contributed by atoms with Crippen LogP contribution in [-0.2, 0) is 11.2 Å². The number of rotatable bonds is 8. The molecule has 0 aromatic heterocycles. The number of benzene rings is 2. The summed E-state index contributed by atoms with van der Waals surface area (Å²) in [6.07, 6.45) is 9.01. The van der Waals surface area contributed by atoms with Crippen molar-refractivity contribution in [3.05, 3.63) is 59.1 Å². The summed E-state index contributed by atoms with van der Waals surface area (Å²) in [5.41, 5.74) is 1.79. The second-order valence-electron chi connectivity index (χ2n) is 7.31. The molecule has 2 aromatic rings. The number of carbonyl (C=O) groups excluding carboxylic acids is 1. The average Bonchev–Trinajstić information content (AvgIpc) is 2.69. The standard InChI is InChI=1S/C23H28ClNO2/c24-22-9-5-4-8-19(22)10-15-23(26)25-20-11-13-21(14-12-20)27-17-16-18-6-2-1-3-7-18/h4-5,8-9,11-14,18H,1-3,6-7,10,15-17H2,(H,25,26). The number of amides is 1. The molecule has 0 unspecified atom stereocenters. The molecule has 1 aliphatic rings. The van der Waals surface area contributed by atoms with Gasteiger partial charge in [0.2, 0.25) is 5.91 Å². The minimum Gasteiger partial charge on any atom is -0.494 e. The van der Waals surface area contributed by atoms with Gasteiger partial charge >= 0.3 is 0 Å².